The van der Waals surface area contributed by atoms with Crippen LogP contribution in [0.2, 0.25) is 15.1 Å². The molecule has 0 bridgehead atoms. The van der Waals surface area contributed by atoms with Gasteiger partial charge in [0.1, 0.15) is 0 Å². The fourth-order valence-electron chi connectivity index (χ4n) is 5.07. The van der Waals surface area contributed by atoms with Gasteiger partial charge in [-0.25, -0.2) is 4.98 Å². The van der Waals surface area contributed by atoms with E-state index in [1.807, 2.05) is 0 Å². The van der Waals surface area contributed by atoms with Crippen molar-refractivity contribution in [2.75, 3.05) is 23.3 Å². The highest BCUT2D eigenvalue weighted by Gasteiger charge is 2.42. The standard InChI is InChI=1S/C26H26Cl3F3IN5O/c1-37-21-10-20(38-6-2-3-15(12-38)26(30,31)32)18(28)9-19(21)35-25(37)36-23-17(27)5-4-13(22(23)29)11-34-24(39)14-7-16(33)8-14/h4-5,9-10,14-16H,2-3,6-8,11-12H2,1H3,(H,34,39)(H,35,36). The molecule has 1 amide bonds. The molecule has 6 nitrogen and oxygen atoms in total. The molecule has 2 fully saturated rings. The lowest BCUT2D eigenvalue weighted by Gasteiger charge is -2.35. The van der Waals surface area contributed by atoms with Crippen molar-refractivity contribution in [3.63, 3.8) is 0 Å². The third-order valence-electron chi connectivity index (χ3n) is 7.49. The number of nitrogens with one attached hydrogen (secondary N) is 2. The fraction of sp³-hybridized carbons (Fsp3) is 0.462. The summed E-state index contributed by atoms with van der Waals surface area (Å²) in [6.07, 6.45) is -1.93. The zero-order chi connectivity index (χ0) is 28.1. The van der Waals surface area contributed by atoms with Gasteiger partial charge in [0.25, 0.3) is 0 Å². The van der Waals surface area contributed by atoms with Gasteiger partial charge in [0, 0.05) is 36.5 Å². The number of alkyl halides is 4. The van der Waals surface area contributed by atoms with Crippen LogP contribution in [0.3, 0.4) is 0 Å². The fourth-order valence-corrected chi connectivity index (χ4v) is 7.10. The first-order valence-electron chi connectivity index (χ1n) is 12.6. The number of carbonyl (C=O) groups excluding carboxylic acids is 1. The Morgan fingerprint density at radius 3 is 2.62 bits per heavy atom. The number of imidazole rings is 1. The van der Waals surface area contributed by atoms with Gasteiger partial charge in [0.05, 0.1) is 43.4 Å². The van der Waals surface area contributed by atoms with Gasteiger partial charge in [0.2, 0.25) is 11.9 Å². The molecular weight excluding hydrogens is 689 g/mol. The second kappa shape index (κ2) is 11.3. The number of benzene rings is 2. The molecule has 13 heteroatoms. The Bertz CT molecular complexity index is 1410. The summed E-state index contributed by atoms with van der Waals surface area (Å²) in [5, 5.41) is 7.22. The molecule has 1 saturated heterocycles. The first-order valence-corrected chi connectivity index (χ1v) is 14.9. The number of anilines is 3. The summed E-state index contributed by atoms with van der Waals surface area (Å²) in [4.78, 5) is 18.7. The Hall–Kier alpha value is -1.63. The summed E-state index contributed by atoms with van der Waals surface area (Å²) in [6.45, 7) is 0.628. The number of hydrogen-bond acceptors (Lipinski definition) is 4. The number of piperidine rings is 1. The van der Waals surface area contributed by atoms with Crippen molar-refractivity contribution < 1.29 is 18.0 Å². The molecule has 1 saturated carbocycles. The minimum absolute atomic E-state index is 0.0155. The summed E-state index contributed by atoms with van der Waals surface area (Å²) in [5.74, 6) is -0.907. The van der Waals surface area contributed by atoms with E-state index in [2.05, 4.69) is 38.2 Å². The van der Waals surface area contributed by atoms with Gasteiger partial charge in [-0.05, 0) is 49.4 Å². The third-order valence-corrected chi connectivity index (χ3v) is 9.55. The topological polar surface area (TPSA) is 62.2 Å². The Kier molecular flexibility index (Phi) is 8.39. The summed E-state index contributed by atoms with van der Waals surface area (Å²) in [7, 11) is 1.79. The Balaban J connectivity index is 1.38. The average molecular weight is 715 g/mol. The molecule has 2 aromatic carbocycles. The smallest absolute Gasteiger partial charge is 0.370 e. The van der Waals surface area contributed by atoms with Crippen molar-refractivity contribution in [2.45, 2.75) is 42.3 Å². The van der Waals surface area contributed by atoms with E-state index < -0.39 is 12.1 Å². The summed E-state index contributed by atoms with van der Waals surface area (Å²) in [5.41, 5.74) is 2.95. The van der Waals surface area contributed by atoms with Gasteiger partial charge in [-0.3, -0.25) is 4.79 Å². The van der Waals surface area contributed by atoms with Crippen molar-refractivity contribution in [2.24, 2.45) is 18.9 Å². The predicted molar refractivity (Wildman–Crippen MR) is 159 cm³/mol. The average Bonchev–Trinajstić information content (AvgIpc) is 3.16. The molecule has 2 aliphatic rings. The largest absolute Gasteiger partial charge is 0.393 e. The van der Waals surface area contributed by atoms with Gasteiger partial charge in [-0.15, -0.1) is 0 Å². The first kappa shape index (κ1) is 28.9. The van der Waals surface area contributed by atoms with E-state index in [4.69, 9.17) is 34.8 Å². The van der Waals surface area contributed by atoms with E-state index in [0.717, 1.165) is 12.8 Å². The zero-order valence-electron chi connectivity index (χ0n) is 20.9. The van der Waals surface area contributed by atoms with Gasteiger partial charge < -0.3 is 20.1 Å². The van der Waals surface area contributed by atoms with E-state index in [-0.39, 0.29) is 31.3 Å². The van der Waals surface area contributed by atoms with Crippen LogP contribution >= 0.6 is 57.4 Å². The molecule has 2 N–H and O–H groups in total. The first-order chi connectivity index (χ1) is 18.4. The van der Waals surface area contributed by atoms with Crippen LogP contribution in [0.25, 0.3) is 11.0 Å². The number of carbonyl (C=O) groups is 1. The van der Waals surface area contributed by atoms with E-state index in [0.29, 0.717) is 65.9 Å². The van der Waals surface area contributed by atoms with Gasteiger partial charge >= 0.3 is 6.18 Å². The molecule has 1 aliphatic heterocycles. The van der Waals surface area contributed by atoms with Crippen molar-refractivity contribution in [3.05, 3.63) is 44.9 Å². The van der Waals surface area contributed by atoms with Crippen LogP contribution in [0.5, 0.6) is 0 Å². The molecule has 5 rings (SSSR count). The lowest BCUT2D eigenvalue weighted by molar-refractivity contribution is -0.176. The SMILES string of the molecule is Cn1c(Nc2c(Cl)ccc(CNC(=O)C3CC(I)C3)c2Cl)nc2cc(Cl)c(N3CCCC(C(F)(F)F)C3)cc21. The Morgan fingerprint density at radius 2 is 1.92 bits per heavy atom. The van der Waals surface area contributed by atoms with Crippen LogP contribution in [0.1, 0.15) is 31.2 Å². The lowest BCUT2D eigenvalue weighted by atomic mass is 9.84. The highest BCUT2D eigenvalue weighted by Crippen LogP contribution is 2.40. The van der Waals surface area contributed by atoms with Crippen LogP contribution in [0.4, 0.5) is 30.5 Å². The van der Waals surface area contributed by atoms with Gasteiger partial charge in [0.15, 0.2) is 0 Å². The van der Waals surface area contributed by atoms with Crippen molar-refractivity contribution in [1.82, 2.24) is 14.9 Å². The van der Waals surface area contributed by atoms with Gasteiger partial charge in [-0.1, -0.05) is 63.5 Å². The molecule has 1 atom stereocenters. The van der Waals surface area contributed by atoms with E-state index in [1.165, 1.54) is 0 Å². The number of hydrogen-bond donors (Lipinski definition) is 2. The van der Waals surface area contributed by atoms with Crippen LogP contribution in [-0.4, -0.2) is 38.6 Å². The summed E-state index contributed by atoms with van der Waals surface area (Å²) < 4.78 is 42.5. The quantitative estimate of drug-likeness (QED) is 0.202. The minimum atomic E-state index is -4.25. The van der Waals surface area contributed by atoms with Crippen LogP contribution in [0.15, 0.2) is 24.3 Å². The highest BCUT2D eigenvalue weighted by molar-refractivity contribution is 14.1. The van der Waals surface area contributed by atoms with Crippen molar-refractivity contribution in [1.29, 1.82) is 0 Å². The van der Waals surface area contributed by atoms with Crippen molar-refractivity contribution in [3.8, 4) is 0 Å². The van der Waals surface area contributed by atoms with Crippen LogP contribution < -0.4 is 15.5 Å². The molecule has 1 aromatic heterocycles. The molecule has 3 aromatic rings. The van der Waals surface area contributed by atoms with Crippen LogP contribution in [0, 0.1) is 11.8 Å². The van der Waals surface area contributed by atoms with E-state index in [9.17, 15) is 18.0 Å². The second-order valence-electron chi connectivity index (χ2n) is 10.1. The maximum Gasteiger partial charge on any atom is 0.393 e. The highest BCUT2D eigenvalue weighted by atomic mass is 127. The van der Waals surface area contributed by atoms with Crippen molar-refractivity contribution >= 4 is 91.7 Å². The molecule has 39 heavy (non-hydrogen) atoms. The molecule has 2 heterocycles. The minimum Gasteiger partial charge on any atom is -0.370 e. The number of nitrogens with zero attached hydrogens (tertiary/aromatic N) is 3. The monoisotopic (exact) mass is 713 g/mol. The maximum atomic E-state index is 13.4. The Labute approximate surface area is 252 Å². The second-order valence-corrected chi connectivity index (χ2v) is 13.1. The molecule has 1 aliphatic carbocycles. The van der Waals surface area contributed by atoms with Crippen LogP contribution in [-0.2, 0) is 18.4 Å². The summed E-state index contributed by atoms with van der Waals surface area (Å²) in [6, 6.07) is 6.90. The van der Waals surface area contributed by atoms with E-state index >= 15 is 0 Å². The molecule has 0 spiro atoms. The third kappa shape index (κ3) is 6.04. The number of aromatic nitrogens is 2. The molecule has 210 valence electrons. The molecule has 1 unspecified atom stereocenters. The molecular formula is C26H26Cl3F3IN5O. The number of halogens is 7. The number of rotatable bonds is 6. The number of fused-ring (bicyclic) bond motifs is 1. The number of aryl methyl sites for hydroxylation is 1. The van der Waals surface area contributed by atoms with Gasteiger partial charge in [-0.2, -0.15) is 13.2 Å². The molecule has 0 radical (unpaired) electrons. The number of amides is 1. The maximum absolute atomic E-state index is 13.4. The van der Waals surface area contributed by atoms with E-state index in [1.54, 1.807) is 40.8 Å². The summed E-state index contributed by atoms with van der Waals surface area (Å²) >= 11 is 22.0. The lowest BCUT2D eigenvalue weighted by Crippen LogP contribution is -2.41. The predicted octanol–water partition coefficient (Wildman–Crippen LogP) is 7.89. The normalized spacial score (nSPS) is 21.6. The zero-order valence-corrected chi connectivity index (χ0v) is 25.3. The Morgan fingerprint density at radius 1 is 1.18 bits per heavy atom.